The Labute approximate surface area is 191 Å². The fourth-order valence-electron chi connectivity index (χ4n) is 4.86. The van der Waals surface area contributed by atoms with Gasteiger partial charge in [0.25, 0.3) is 0 Å². The molecule has 33 heavy (non-hydrogen) atoms. The van der Waals surface area contributed by atoms with E-state index in [4.69, 9.17) is 9.72 Å². The summed E-state index contributed by atoms with van der Waals surface area (Å²) in [7, 11) is 0. The third kappa shape index (κ3) is 3.27. The second-order valence-corrected chi connectivity index (χ2v) is 9.99. The van der Waals surface area contributed by atoms with Crippen LogP contribution in [0.25, 0.3) is 22.3 Å². The lowest BCUT2D eigenvalue weighted by Crippen LogP contribution is -2.26. The van der Waals surface area contributed by atoms with Gasteiger partial charge in [-0.25, -0.2) is 9.97 Å². The monoisotopic (exact) mass is 445 g/mol. The second-order valence-electron chi connectivity index (χ2n) is 9.99. The Kier molecular flexibility index (Phi) is 4.31. The zero-order valence-electron chi connectivity index (χ0n) is 19.0. The van der Waals surface area contributed by atoms with E-state index < -0.39 is 5.41 Å². The van der Waals surface area contributed by atoms with Gasteiger partial charge in [0.15, 0.2) is 0 Å². The topological polar surface area (TPSA) is 98.1 Å². The Morgan fingerprint density at radius 3 is 2.76 bits per heavy atom. The molecule has 3 aromatic rings. The number of carbonyl (C=O) groups is 2. The number of hydrogen-bond acceptors (Lipinski definition) is 5. The maximum absolute atomic E-state index is 12.4. The lowest BCUT2D eigenvalue weighted by atomic mass is 9.87. The van der Waals surface area contributed by atoms with Crippen molar-refractivity contribution < 1.29 is 14.3 Å². The van der Waals surface area contributed by atoms with E-state index in [9.17, 15) is 9.59 Å². The Morgan fingerprint density at radius 2 is 2.03 bits per heavy atom. The van der Waals surface area contributed by atoms with E-state index >= 15 is 0 Å². The molecule has 2 amide bonds. The van der Waals surface area contributed by atoms with Gasteiger partial charge in [-0.1, -0.05) is 6.07 Å². The van der Waals surface area contributed by atoms with E-state index in [1.54, 1.807) is 0 Å². The standard InChI is InChI=1S/C25H27N5O3/c1-13(15-10-21(31)26-11-15)33-20-9-14(8-19-22(20)30(12-27-19)16-4-5-16)18-7-6-17-23(28-18)29-24(32)25(17,2)3/h6-9,12-13,15-16H,4-5,10-11H2,1-3H3,(H,26,31)(H,28,29,32)/t13-,15-/m1/s1. The molecule has 2 fully saturated rings. The summed E-state index contributed by atoms with van der Waals surface area (Å²) >= 11 is 0. The van der Waals surface area contributed by atoms with Crippen LogP contribution in [-0.2, 0) is 15.0 Å². The quantitative estimate of drug-likeness (QED) is 0.626. The van der Waals surface area contributed by atoms with Crippen molar-refractivity contribution in [3.05, 3.63) is 36.2 Å². The van der Waals surface area contributed by atoms with Crippen LogP contribution >= 0.6 is 0 Å². The molecule has 170 valence electrons. The molecule has 2 atom stereocenters. The van der Waals surface area contributed by atoms with E-state index in [0.717, 1.165) is 46.4 Å². The van der Waals surface area contributed by atoms with E-state index in [-0.39, 0.29) is 23.8 Å². The Morgan fingerprint density at radius 1 is 1.21 bits per heavy atom. The number of carbonyl (C=O) groups excluding carboxylic acids is 2. The number of aromatic nitrogens is 3. The number of nitrogens with zero attached hydrogens (tertiary/aromatic N) is 3. The number of hydrogen-bond donors (Lipinski definition) is 2. The third-order valence-corrected chi connectivity index (χ3v) is 7.22. The first-order valence-corrected chi connectivity index (χ1v) is 11.6. The van der Waals surface area contributed by atoms with Crippen LogP contribution in [0.1, 0.15) is 51.6 Å². The van der Waals surface area contributed by atoms with Crippen molar-refractivity contribution in [1.82, 2.24) is 19.9 Å². The number of imidazole rings is 1. The summed E-state index contributed by atoms with van der Waals surface area (Å²) in [6.07, 6.45) is 4.53. The van der Waals surface area contributed by atoms with Gasteiger partial charge in [-0.15, -0.1) is 0 Å². The predicted molar refractivity (Wildman–Crippen MR) is 124 cm³/mol. The number of fused-ring (bicyclic) bond motifs is 2. The zero-order chi connectivity index (χ0) is 22.9. The number of pyridine rings is 1. The molecule has 1 aliphatic carbocycles. The third-order valence-electron chi connectivity index (χ3n) is 7.22. The molecule has 1 saturated carbocycles. The molecule has 1 saturated heterocycles. The minimum Gasteiger partial charge on any atom is -0.488 e. The van der Waals surface area contributed by atoms with Gasteiger partial charge in [0, 0.05) is 36.1 Å². The number of ether oxygens (including phenoxy) is 1. The van der Waals surface area contributed by atoms with E-state index in [2.05, 4.69) is 20.2 Å². The predicted octanol–water partition coefficient (Wildman–Crippen LogP) is 3.57. The maximum atomic E-state index is 12.4. The molecule has 4 heterocycles. The highest BCUT2D eigenvalue weighted by molar-refractivity contribution is 6.05. The first kappa shape index (κ1) is 20.2. The molecule has 8 heteroatoms. The fraction of sp³-hybridized carbons (Fsp3) is 0.440. The summed E-state index contributed by atoms with van der Waals surface area (Å²) < 4.78 is 8.70. The molecule has 0 unspecified atom stereocenters. The molecule has 0 bridgehead atoms. The smallest absolute Gasteiger partial charge is 0.235 e. The van der Waals surface area contributed by atoms with Crippen molar-refractivity contribution in [2.45, 2.75) is 57.6 Å². The maximum Gasteiger partial charge on any atom is 0.235 e. The van der Waals surface area contributed by atoms with Crippen molar-refractivity contribution in [3.63, 3.8) is 0 Å². The number of benzene rings is 1. The highest BCUT2D eigenvalue weighted by Gasteiger charge is 2.39. The fourth-order valence-corrected chi connectivity index (χ4v) is 4.86. The normalized spacial score (nSPS) is 22.2. The first-order chi connectivity index (χ1) is 15.8. The molecular formula is C25H27N5O3. The number of anilines is 1. The van der Waals surface area contributed by atoms with Crippen molar-refractivity contribution in [3.8, 4) is 17.0 Å². The van der Waals surface area contributed by atoms with Gasteiger partial charge in [0.2, 0.25) is 11.8 Å². The minimum atomic E-state index is -0.593. The second kappa shape index (κ2) is 7.04. The van der Waals surface area contributed by atoms with Gasteiger partial charge in [-0.05, 0) is 51.8 Å². The van der Waals surface area contributed by atoms with Crippen molar-refractivity contribution >= 4 is 28.7 Å². The summed E-state index contributed by atoms with van der Waals surface area (Å²) in [6, 6.07) is 8.43. The van der Waals surface area contributed by atoms with Crippen LogP contribution in [0, 0.1) is 5.92 Å². The molecule has 2 aliphatic heterocycles. The lowest BCUT2D eigenvalue weighted by molar-refractivity contribution is -0.120. The van der Waals surface area contributed by atoms with Crippen molar-refractivity contribution in [2.24, 2.45) is 5.92 Å². The SMILES string of the molecule is C[C@@H](Oc1cc(-c2ccc3c(n2)NC(=O)C3(C)C)cc2ncn(C3CC3)c12)[C@H]1CNC(=O)C1. The van der Waals surface area contributed by atoms with E-state index in [1.165, 1.54) is 0 Å². The summed E-state index contributed by atoms with van der Waals surface area (Å²) in [5, 5.41) is 5.81. The molecule has 2 aromatic heterocycles. The largest absolute Gasteiger partial charge is 0.488 e. The average molecular weight is 446 g/mol. The van der Waals surface area contributed by atoms with Crippen LogP contribution in [0.4, 0.5) is 5.82 Å². The van der Waals surface area contributed by atoms with Crippen molar-refractivity contribution in [1.29, 1.82) is 0 Å². The Balaban J connectivity index is 1.42. The molecule has 8 nitrogen and oxygen atoms in total. The first-order valence-electron chi connectivity index (χ1n) is 11.6. The van der Waals surface area contributed by atoms with Crippen LogP contribution in [0.15, 0.2) is 30.6 Å². The van der Waals surface area contributed by atoms with Gasteiger partial charge in [0.1, 0.15) is 23.2 Å². The minimum absolute atomic E-state index is 0.0432. The lowest BCUT2D eigenvalue weighted by Gasteiger charge is -2.21. The van der Waals surface area contributed by atoms with Crippen LogP contribution in [-0.4, -0.2) is 39.0 Å². The number of nitrogens with one attached hydrogen (secondary N) is 2. The molecule has 1 aromatic carbocycles. The van der Waals surface area contributed by atoms with Crippen LogP contribution in [0.3, 0.4) is 0 Å². The van der Waals surface area contributed by atoms with Crippen LogP contribution in [0.2, 0.25) is 0 Å². The number of amides is 2. The van der Waals surface area contributed by atoms with E-state index in [0.29, 0.717) is 24.8 Å². The molecule has 0 spiro atoms. The van der Waals surface area contributed by atoms with Crippen LogP contribution in [0.5, 0.6) is 5.75 Å². The summed E-state index contributed by atoms with van der Waals surface area (Å²) in [5.41, 5.74) is 3.79. The Hall–Kier alpha value is -3.42. The van der Waals surface area contributed by atoms with Crippen LogP contribution < -0.4 is 15.4 Å². The van der Waals surface area contributed by atoms with Gasteiger partial charge in [-0.2, -0.15) is 0 Å². The van der Waals surface area contributed by atoms with E-state index in [1.807, 2.05) is 51.4 Å². The zero-order valence-corrected chi connectivity index (χ0v) is 19.0. The van der Waals surface area contributed by atoms with Gasteiger partial charge < -0.3 is 19.9 Å². The molecule has 6 rings (SSSR count). The molecule has 2 N–H and O–H groups in total. The summed E-state index contributed by atoms with van der Waals surface area (Å²) in [4.78, 5) is 33.5. The number of rotatable bonds is 5. The average Bonchev–Trinajstić information content (AvgIpc) is 3.30. The van der Waals surface area contributed by atoms with Gasteiger partial charge in [-0.3, -0.25) is 9.59 Å². The molecule has 0 radical (unpaired) electrons. The van der Waals surface area contributed by atoms with Crippen molar-refractivity contribution in [2.75, 3.05) is 11.9 Å². The Bertz CT molecular complexity index is 1310. The van der Waals surface area contributed by atoms with Gasteiger partial charge in [0.05, 0.1) is 23.0 Å². The molecular weight excluding hydrogens is 418 g/mol. The van der Waals surface area contributed by atoms with Gasteiger partial charge >= 0.3 is 0 Å². The summed E-state index contributed by atoms with van der Waals surface area (Å²) in [6.45, 7) is 6.46. The summed E-state index contributed by atoms with van der Waals surface area (Å²) in [5.74, 6) is 1.52. The highest BCUT2D eigenvalue weighted by Crippen LogP contribution is 2.42. The highest BCUT2D eigenvalue weighted by atomic mass is 16.5. The molecule has 3 aliphatic rings.